The minimum atomic E-state index is -2.97. The van der Waals surface area contributed by atoms with Crippen LogP contribution in [0.1, 0.15) is 27.9 Å². The van der Waals surface area contributed by atoms with Crippen LogP contribution in [-0.4, -0.2) is 61.4 Å². The molecule has 32 heavy (non-hydrogen) atoms. The van der Waals surface area contributed by atoms with Gasteiger partial charge in [0.2, 0.25) is 0 Å². The maximum absolute atomic E-state index is 14.6. The van der Waals surface area contributed by atoms with Crippen LogP contribution in [0.4, 0.5) is 13.2 Å². The van der Waals surface area contributed by atoms with Crippen LogP contribution >= 0.6 is 0 Å². The first kappa shape index (κ1) is 20.4. The number of nitrogens with zero attached hydrogens (tertiary/aromatic N) is 6. The lowest BCUT2D eigenvalue weighted by Gasteiger charge is -2.45. The van der Waals surface area contributed by atoms with Crippen molar-refractivity contribution >= 4 is 5.91 Å². The van der Waals surface area contributed by atoms with Gasteiger partial charge in [0.15, 0.2) is 17.5 Å². The highest BCUT2D eigenvalue weighted by molar-refractivity contribution is 5.95. The largest absolute Gasteiger partial charge is 0.435 e. The van der Waals surface area contributed by atoms with Gasteiger partial charge in [0.1, 0.15) is 17.5 Å². The van der Waals surface area contributed by atoms with Gasteiger partial charge >= 0.3 is 6.61 Å². The summed E-state index contributed by atoms with van der Waals surface area (Å²) in [6, 6.07) is 3.02. The van der Waals surface area contributed by atoms with Crippen LogP contribution in [-0.2, 0) is 11.3 Å². The van der Waals surface area contributed by atoms with Crippen molar-refractivity contribution in [1.82, 2.24) is 29.6 Å². The summed E-state index contributed by atoms with van der Waals surface area (Å²) in [7, 11) is 0. The minimum absolute atomic E-state index is 0.0537. The number of hydrogen-bond donors (Lipinski definition) is 0. The van der Waals surface area contributed by atoms with Crippen LogP contribution in [0.2, 0.25) is 0 Å². The van der Waals surface area contributed by atoms with Crippen LogP contribution in [0.3, 0.4) is 0 Å². The second-order valence-corrected chi connectivity index (χ2v) is 7.43. The number of alkyl halides is 2. The first-order chi connectivity index (χ1) is 15.4. The van der Waals surface area contributed by atoms with E-state index in [4.69, 9.17) is 4.74 Å². The SMILES string of the molecule is Cc1nccc(C(=O)N2[C@H]3COC[C@@H]2c2nnc(-c4cc(OC(F)F)ccn4)n2C3)c1F. The highest BCUT2D eigenvalue weighted by Crippen LogP contribution is 2.36. The number of aryl methyl sites for hydroxylation is 1. The van der Waals surface area contributed by atoms with Crippen molar-refractivity contribution < 1.29 is 27.4 Å². The van der Waals surface area contributed by atoms with Gasteiger partial charge in [0, 0.05) is 25.0 Å². The Morgan fingerprint density at radius 1 is 1.22 bits per heavy atom. The summed E-state index contributed by atoms with van der Waals surface area (Å²) in [5, 5.41) is 8.39. The Bertz CT molecular complexity index is 1190. The van der Waals surface area contributed by atoms with Crippen LogP contribution in [0.5, 0.6) is 5.75 Å². The Morgan fingerprint density at radius 2 is 2.03 bits per heavy atom. The summed E-state index contributed by atoms with van der Waals surface area (Å²) in [6.07, 6.45) is 2.73. The average Bonchev–Trinajstić information content (AvgIpc) is 3.18. The van der Waals surface area contributed by atoms with E-state index in [0.29, 0.717) is 17.3 Å². The molecule has 166 valence electrons. The van der Waals surface area contributed by atoms with Gasteiger partial charge in [-0.2, -0.15) is 8.78 Å². The summed E-state index contributed by atoms with van der Waals surface area (Å²) in [4.78, 5) is 22.9. The molecule has 0 saturated carbocycles. The molecular formula is C20H17F3N6O3. The fraction of sp³-hybridized carbons (Fsp3) is 0.350. The predicted octanol–water partition coefficient (Wildman–Crippen LogP) is 2.38. The van der Waals surface area contributed by atoms with Crippen LogP contribution in [0.25, 0.3) is 11.5 Å². The lowest BCUT2D eigenvalue weighted by atomic mass is 10.0. The van der Waals surface area contributed by atoms with E-state index >= 15 is 0 Å². The molecule has 3 aromatic rings. The fourth-order valence-electron chi connectivity index (χ4n) is 4.08. The Labute approximate surface area is 179 Å². The third kappa shape index (κ3) is 3.36. The number of amides is 1. The molecule has 2 aliphatic rings. The second kappa shape index (κ2) is 7.86. The van der Waals surface area contributed by atoms with Crippen molar-refractivity contribution in [2.24, 2.45) is 0 Å². The molecule has 12 heteroatoms. The number of rotatable bonds is 4. The second-order valence-electron chi connectivity index (χ2n) is 7.43. The zero-order valence-corrected chi connectivity index (χ0v) is 16.8. The Hall–Kier alpha value is -3.54. The number of carbonyl (C=O) groups is 1. The van der Waals surface area contributed by atoms with Crippen molar-refractivity contribution in [2.45, 2.75) is 32.2 Å². The molecule has 3 aromatic heterocycles. The normalized spacial score (nSPS) is 19.7. The molecule has 0 spiro atoms. The van der Waals surface area contributed by atoms with E-state index in [1.807, 2.05) is 0 Å². The lowest BCUT2D eigenvalue weighted by Crippen LogP contribution is -2.56. The number of halogens is 3. The smallest absolute Gasteiger partial charge is 0.387 e. The Kier molecular flexibility index (Phi) is 5.00. The van der Waals surface area contributed by atoms with E-state index in [1.54, 1.807) is 9.47 Å². The maximum atomic E-state index is 14.6. The molecule has 0 radical (unpaired) electrons. The number of carbonyl (C=O) groups excluding carboxylic acids is 1. The van der Waals surface area contributed by atoms with Gasteiger partial charge in [-0.15, -0.1) is 10.2 Å². The van der Waals surface area contributed by atoms with Crippen molar-refractivity contribution in [2.75, 3.05) is 13.2 Å². The van der Waals surface area contributed by atoms with E-state index in [9.17, 15) is 18.0 Å². The van der Waals surface area contributed by atoms with Gasteiger partial charge in [-0.05, 0) is 19.1 Å². The zero-order valence-electron chi connectivity index (χ0n) is 16.8. The first-order valence-electron chi connectivity index (χ1n) is 9.80. The van der Waals surface area contributed by atoms with E-state index in [-0.39, 0.29) is 36.8 Å². The number of ether oxygens (including phenoxy) is 2. The number of morpholine rings is 1. The molecule has 1 saturated heterocycles. The van der Waals surface area contributed by atoms with Gasteiger partial charge in [0.25, 0.3) is 5.91 Å². The molecule has 1 amide bonds. The average molecular weight is 446 g/mol. The molecule has 2 bridgehead atoms. The van der Waals surface area contributed by atoms with E-state index in [2.05, 4.69) is 24.9 Å². The number of fused-ring (bicyclic) bond motifs is 4. The van der Waals surface area contributed by atoms with Crippen molar-refractivity contribution in [1.29, 1.82) is 0 Å². The van der Waals surface area contributed by atoms with Gasteiger partial charge in [0.05, 0.1) is 30.5 Å². The predicted molar refractivity (Wildman–Crippen MR) is 102 cm³/mol. The molecule has 5 heterocycles. The number of pyridine rings is 2. The molecule has 1 fully saturated rings. The zero-order chi connectivity index (χ0) is 22.4. The third-order valence-electron chi connectivity index (χ3n) is 5.50. The molecular weight excluding hydrogens is 429 g/mol. The minimum Gasteiger partial charge on any atom is -0.435 e. The molecule has 0 aliphatic carbocycles. The summed E-state index contributed by atoms with van der Waals surface area (Å²) in [5.74, 6) is -0.397. The summed E-state index contributed by atoms with van der Waals surface area (Å²) in [5.41, 5.74) is 0.370. The van der Waals surface area contributed by atoms with Crippen LogP contribution in [0, 0.1) is 12.7 Å². The summed E-state index contributed by atoms with van der Waals surface area (Å²) >= 11 is 0. The highest BCUT2D eigenvalue weighted by Gasteiger charge is 2.44. The standard InChI is InChI=1S/C20H17F3N6O3/c1-10-16(21)13(3-5-24-10)19(30)29-11-7-28-17(26-27-18(28)15(29)9-31-8-11)14-6-12(2-4-25-14)32-20(22)23/h2-6,11,15,20H,7-9H2,1H3/t11-,15-/m1/s1. The van der Waals surface area contributed by atoms with Gasteiger partial charge < -0.3 is 18.9 Å². The number of aromatic nitrogens is 5. The van der Waals surface area contributed by atoms with Gasteiger partial charge in [-0.3, -0.25) is 14.8 Å². The summed E-state index contributed by atoms with van der Waals surface area (Å²) < 4.78 is 51.6. The van der Waals surface area contributed by atoms with E-state index in [0.717, 1.165) is 0 Å². The monoisotopic (exact) mass is 446 g/mol. The third-order valence-corrected chi connectivity index (χ3v) is 5.50. The topological polar surface area (TPSA) is 95.3 Å². The molecule has 5 rings (SSSR count). The van der Waals surface area contributed by atoms with Crippen molar-refractivity contribution in [3.05, 3.63) is 53.5 Å². The maximum Gasteiger partial charge on any atom is 0.387 e. The van der Waals surface area contributed by atoms with Crippen LogP contribution < -0.4 is 4.74 Å². The quantitative estimate of drug-likeness (QED) is 0.607. The van der Waals surface area contributed by atoms with Crippen molar-refractivity contribution in [3.8, 4) is 17.3 Å². The Morgan fingerprint density at radius 3 is 2.84 bits per heavy atom. The highest BCUT2D eigenvalue weighted by atomic mass is 19.3. The molecule has 0 aromatic carbocycles. The fourth-order valence-corrected chi connectivity index (χ4v) is 4.08. The summed E-state index contributed by atoms with van der Waals surface area (Å²) in [6.45, 7) is -0.798. The van der Waals surface area contributed by atoms with E-state index in [1.165, 1.54) is 37.5 Å². The van der Waals surface area contributed by atoms with Crippen LogP contribution in [0.15, 0.2) is 30.6 Å². The molecule has 0 N–H and O–H groups in total. The molecule has 2 atom stereocenters. The number of hydrogen-bond acceptors (Lipinski definition) is 7. The lowest BCUT2D eigenvalue weighted by molar-refractivity contribution is -0.0571. The molecule has 0 unspecified atom stereocenters. The van der Waals surface area contributed by atoms with E-state index < -0.39 is 30.4 Å². The first-order valence-corrected chi connectivity index (χ1v) is 9.80. The van der Waals surface area contributed by atoms with Gasteiger partial charge in [-0.25, -0.2) is 4.39 Å². The molecule has 9 nitrogen and oxygen atoms in total. The Balaban J connectivity index is 1.51. The van der Waals surface area contributed by atoms with Gasteiger partial charge in [-0.1, -0.05) is 0 Å². The molecule has 2 aliphatic heterocycles. The van der Waals surface area contributed by atoms with Crippen molar-refractivity contribution in [3.63, 3.8) is 0 Å².